The number of carbonyl (C=O) groups excluding carboxylic acids is 1. The van der Waals surface area contributed by atoms with Crippen LogP contribution in [-0.2, 0) is 4.79 Å². The SMILES string of the molecule is CC[C@H](C)c1ccccc1O[C@@H](C)C(=O)Nc1cc(N)ccc1C. The van der Waals surface area contributed by atoms with Gasteiger partial charge in [-0.05, 0) is 55.5 Å². The summed E-state index contributed by atoms with van der Waals surface area (Å²) < 4.78 is 5.93. The van der Waals surface area contributed by atoms with Crippen molar-refractivity contribution in [2.45, 2.75) is 46.1 Å². The van der Waals surface area contributed by atoms with Crippen molar-refractivity contribution in [1.82, 2.24) is 0 Å². The van der Waals surface area contributed by atoms with Crippen LogP contribution in [0.2, 0.25) is 0 Å². The van der Waals surface area contributed by atoms with E-state index in [1.54, 1.807) is 13.0 Å². The number of hydrogen-bond donors (Lipinski definition) is 2. The van der Waals surface area contributed by atoms with E-state index in [1.807, 2.05) is 37.3 Å². The van der Waals surface area contributed by atoms with Crippen molar-refractivity contribution in [3.63, 3.8) is 0 Å². The third-order valence-electron chi connectivity index (χ3n) is 4.25. The topological polar surface area (TPSA) is 64.3 Å². The summed E-state index contributed by atoms with van der Waals surface area (Å²) in [5.74, 6) is 0.953. The summed E-state index contributed by atoms with van der Waals surface area (Å²) in [7, 11) is 0. The highest BCUT2D eigenvalue weighted by Gasteiger charge is 2.18. The van der Waals surface area contributed by atoms with Crippen LogP contribution in [0.15, 0.2) is 42.5 Å². The highest BCUT2D eigenvalue weighted by atomic mass is 16.5. The first-order valence-corrected chi connectivity index (χ1v) is 8.35. The van der Waals surface area contributed by atoms with Crippen LogP contribution in [0.4, 0.5) is 11.4 Å². The van der Waals surface area contributed by atoms with E-state index < -0.39 is 6.10 Å². The Balaban J connectivity index is 2.11. The van der Waals surface area contributed by atoms with E-state index in [1.165, 1.54) is 0 Å². The van der Waals surface area contributed by atoms with Gasteiger partial charge in [-0.1, -0.05) is 38.1 Å². The average molecular weight is 326 g/mol. The van der Waals surface area contributed by atoms with Crippen LogP contribution in [0.25, 0.3) is 0 Å². The van der Waals surface area contributed by atoms with E-state index in [0.29, 0.717) is 17.3 Å². The number of para-hydroxylation sites is 1. The third kappa shape index (κ3) is 4.28. The van der Waals surface area contributed by atoms with Gasteiger partial charge in [-0.25, -0.2) is 0 Å². The van der Waals surface area contributed by atoms with Crippen molar-refractivity contribution in [3.8, 4) is 5.75 Å². The molecule has 0 bridgehead atoms. The molecule has 1 amide bonds. The third-order valence-corrected chi connectivity index (χ3v) is 4.25. The van der Waals surface area contributed by atoms with Crippen LogP contribution < -0.4 is 15.8 Å². The number of benzene rings is 2. The lowest BCUT2D eigenvalue weighted by atomic mass is 9.98. The highest BCUT2D eigenvalue weighted by Crippen LogP contribution is 2.29. The molecule has 0 radical (unpaired) electrons. The second-order valence-corrected chi connectivity index (χ2v) is 6.17. The second-order valence-electron chi connectivity index (χ2n) is 6.17. The molecule has 24 heavy (non-hydrogen) atoms. The molecular weight excluding hydrogens is 300 g/mol. The monoisotopic (exact) mass is 326 g/mol. The Bertz CT molecular complexity index is 713. The van der Waals surface area contributed by atoms with Crippen molar-refractivity contribution in [3.05, 3.63) is 53.6 Å². The Morgan fingerprint density at radius 2 is 1.92 bits per heavy atom. The summed E-state index contributed by atoms with van der Waals surface area (Å²) >= 11 is 0. The number of anilines is 2. The fourth-order valence-electron chi connectivity index (χ4n) is 2.47. The predicted octanol–water partition coefficient (Wildman–Crippen LogP) is 4.50. The lowest BCUT2D eigenvalue weighted by Gasteiger charge is -2.20. The minimum atomic E-state index is -0.601. The van der Waals surface area contributed by atoms with Gasteiger partial charge in [-0.3, -0.25) is 4.79 Å². The molecule has 0 saturated heterocycles. The first kappa shape index (κ1) is 17.9. The van der Waals surface area contributed by atoms with Crippen molar-refractivity contribution in [2.75, 3.05) is 11.1 Å². The smallest absolute Gasteiger partial charge is 0.265 e. The van der Waals surface area contributed by atoms with Gasteiger partial charge in [0.05, 0.1) is 0 Å². The van der Waals surface area contributed by atoms with Crippen LogP contribution >= 0.6 is 0 Å². The van der Waals surface area contributed by atoms with Crippen molar-refractivity contribution < 1.29 is 9.53 Å². The zero-order valence-electron chi connectivity index (χ0n) is 14.8. The molecule has 0 spiro atoms. The van der Waals surface area contributed by atoms with Gasteiger partial charge >= 0.3 is 0 Å². The molecule has 3 N–H and O–H groups in total. The molecule has 2 aromatic rings. The van der Waals surface area contributed by atoms with E-state index in [9.17, 15) is 4.79 Å². The number of aryl methyl sites for hydroxylation is 1. The summed E-state index contributed by atoms with van der Waals surface area (Å²) in [6.07, 6.45) is 0.416. The molecule has 128 valence electrons. The Kier molecular flexibility index (Phi) is 5.85. The summed E-state index contributed by atoms with van der Waals surface area (Å²) in [6, 6.07) is 13.3. The molecule has 4 heteroatoms. The molecule has 2 atom stereocenters. The molecule has 2 rings (SSSR count). The van der Waals surface area contributed by atoms with Crippen LogP contribution in [0.1, 0.15) is 44.2 Å². The molecule has 2 aromatic carbocycles. The number of hydrogen-bond acceptors (Lipinski definition) is 3. The van der Waals surface area contributed by atoms with E-state index in [2.05, 4.69) is 25.2 Å². The Morgan fingerprint density at radius 3 is 2.62 bits per heavy atom. The van der Waals surface area contributed by atoms with Gasteiger partial charge in [0, 0.05) is 11.4 Å². The van der Waals surface area contributed by atoms with Gasteiger partial charge in [0.25, 0.3) is 5.91 Å². The Labute approximate surface area is 144 Å². The quantitative estimate of drug-likeness (QED) is 0.768. The predicted molar refractivity (Wildman–Crippen MR) is 99.5 cm³/mol. The van der Waals surface area contributed by atoms with E-state index >= 15 is 0 Å². The van der Waals surface area contributed by atoms with Crippen molar-refractivity contribution in [1.29, 1.82) is 0 Å². The zero-order chi connectivity index (χ0) is 17.7. The standard InChI is InChI=1S/C20H26N2O2/c1-5-13(2)17-8-6-7-9-19(17)24-15(4)20(23)22-18-12-16(21)11-10-14(18)3/h6-13,15H,5,21H2,1-4H3,(H,22,23)/t13-,15-/m0/s1. The average Bonchev–Trinajstić information content (AvgIpc) is 2.57. The number of carbonyl (C=O) groups is 1. The van der Waals surface area contributed by atoms with Crippen molar-refractivity contribution >= 4 is 17.3 Å². The fourth-order valence-corrected chi connectivity index (χ4v) is 2.47. The van der Waals surface area contributed by atoms with Gasteiger partial charge in [-0.2, -0.15) is 0 Å². The number of amides is 1. The number of nitrogens with two attached hydrogens (primary N) is 1. The van der Waals surface area contributed by atoms with Crippen molar-refractivity contribution in [2.24, 2.45) is 0 Å². The molecule has 0 aromatic heterocycles. The first-order chi connectivity index (χ1) is 11.4. The van der Waals surface area contributed by atoms with Gasteiger partial charge in [0.1, 0.15) is 5.75 Å². The normalized spacial score (nSPS) is 13.2. The summed E-state index contributed by atoms with van der Waals surface area (Å²) in [4.78, 5) is 12.5. The number of rotatable bonds is 6. The minimum Gasteiger partial charge on any atom is -0.481 e. The van der Waals surface area contributed by atoms with Crippen LogP contribution in [-0.4, -0.2) is 12.0 Å². The number of nitrogen functional groups attached to an aromatic ring is 1. The lowest BCUT2D eigenvalue weighted by Crippen LogP contribution is -2.30. The lowest BCUT2D eigenvalue weighted by molar-refractivity contribution is -0.122. The molecule has 0 aliphatic heterocycles. The molecule has 0 fully saturated rings. The Hall–Kier alpha value is -2.49. The molecule has 4 nitrogen and oxygen atoms in total. The number of ether oxygens (including phenoxy) is 1. The van der Waals surface area contributed by atoms with E-state index in [0.717, 1.165) is 23.3 Å². The molecule has 0 aliphatic rings. The molecule has 0 aliphatic carbocycles. The summed E-state index contributed by atoms with van der Waals surface area (Å²) in [5.41, 5.74) is 9.21. The minimum absolute atomic E-state index is 0.192. The maximum Gasteiger partial charge on any atom is 0.265 e. The molecule has 0 saturated carbocycles. The van der Waals surface area contributed by atoms with Crippen LogP contribution in [0, 0.1) is 6.92 Å². The first-order valence-electron chi connectivity index (χ1n) is 8.35. The van der Waals surface area contributed by atoms with Gasteiger partial charge in [0.2, 0.25) is 0 Å². The maximum absolute atomic E-state index is 12.5. The molecule has 0 heterocycles. The maximum atomic E-state index is 12.5. The van der Waals surface area contributed by atoms with Gasteiger partial charge in [-0.15, -0.1) is 0 Å². The van der Waals surface area contributed by atoms with E-state index in [-0.39, 0.29) is 5.91 Å². The zero-order valence-corrected chi connectivity index (χ0v) is 14.8. The molecule has 0 unspecified atom stereocenters. The van der Waals surface area contributed by atoms with Crippen LogP contribution in [0.3, 0.4) is 0 Å². The summed E-state index contributed by atoms with van der Waals surface area (Å²) in [5, 5.41) is 2.89. The number of nitrogens with one attached hydrogen (secondary N) is 1. The molecular formula is C20H26N2O2. The second kappa shape index (κ2) is 7.86. The fraction of sp³-hybridized carbons (Fsp3) is 0.350. The van der Waals surface area contributed by atoms with Crippen LogP contribution in [0.5, 0.6) is 5.75 Å². The summed E-state index contributed by atoms with van der Waals surface area (Å²) in [6.45, 7) is 7.98. The highest BCUT2D eigenvalue weighted by molar-refractivity contribution is 5.95. The largest absolute Gasteiger partial charge is 0.481 e. The van der Waals surface area contributed by atoms with Gasteiger partial charge in [0.15, 0.2) is 6.10 Å². The van der Waals surface area contributed by atoms with Gasteiger partial charge < -0.3 is 15.8 Å². The Morgan fingerprint density at radius 1 is 1.21 bits per heavy atom. The van der Waals surface area contributed by atoms with E-state index in [4.69, 9.17) is 10.5 Å².